The highest BCUT2D eigenvalue weighted by Crippen LogP contribution is 2.39. The van der Waals surface area contributed by atoms with Crippen LogP contribution in [0.3, 0.4) is 0 Å². The van der Waals surface area contributed by atoms with Gasteiger partial charge in [-0.2, -0.15) is 4.39 Å². The van der Waals surface area contributed by atoms with E-state index in [1.54, 1.807) is 19.1 Å². The van der Waals surface area contributed by atoms with E-state index < -0.39 is 11.6 Å². The summed E-state index contributed by atoms with van der Waals surface area (Å²) in [4.78, 5) is 0. The van der Waals surface area contributed by atoms with Crippen LogP contribution in [0, 0.1) is 23.4 Å². The predicted octanol–water partition coefficient (Wildman–Crippen LogP) is 6.89. The lowest BCUT2D eigenvalue weighted by Crippen LogP contribution is -2.20. The van der Waals surface area contributed by atoms with Crippen LogP contribution in [0.15, 0.2) is 36.4 Å². The molecule has 0 aromatic heterocycles. The van der Waals surface area contributed by atoms with Crippen molar-refractivity contribution in [2.24, 2.45) is 5.92 Å². The van der Waals surface area contributed by atoms with Gasteiger partial charge in [0.1, 0.15) is 0 Å². The van der Waals surface area contributed by atoms with Crippen LogP contribution >= 0.6 is 0 Å². The van der Waals surface area contributed by atoms with Crippen LogP contribution in [0.25, 0.3) is 6.08 Å². The summed E-state index contributed by atoms with van der Waals surface area (Å²) in [6.45, 7) is 4.33. The van der Waals surface area contributed by atoms with Gasteiger partial charge >= 0.3 is 0 Å². The number of allylic oxidation sites excluding steroid dienone is 1. The van der Waals surface area contributed by atoms with Gasteiger partial charge in [-0.15, -0.1) is 0 Å². The fraction of sp³-hybridized carbons (Fsp3) is 0.417. The van der Waals surface area contributed by atoms with Crippen LogP contribution < -0.4 is 9.47 Å². The lowest BCUT2D eigenvalue weighted by Gasteiger charge is -2.29. The molecule has 29 heavy (non-hydrogen) atoms. The molecule has 0 saturated heterocycles. The maximum atomic E-state index is 14.4. The topological polar surface area (TPSA) is 18.5 Å². The van der Waals surface area contributed by atoms with Crippen molar-refractivity contribution in [2.45, 2.75) is 45.4 Å². The number of hydrogen-bond donors (Lipinski definition) is 0. The normalized spacial score (nSPS) is 19.5. The first-order valence-electron chi connectivity index (χ1n) is 10.2. The summed E-state index contributed by atoms with van der Waals surface area (Å²) >= 11 is 0. The Hall–Kier alpha value is -2.43. The van der Waals surface area contributed by atoms with Crippen molar-refractivity contribution in [1.29, 1.82) is 0 Å². The molecule has 1 aliphatic rings. The van der Waals surface area contributed by atoms with Crippen LogP contribution in [0.4, 0.5) is 13.2 Å². The Kier molecular flexibility index (Phi) is 7.24. The molecule has 1 saturated carbocycles. The summed E-state index contributed by atoms with van der Waals surface area (Å²) in [6, 6.07) is 8.06. The summed E-state index contributed by atoms with van der Waals surface area (Å²) in [6.07, 6.45) is 6.85. The van der Waals surface area contributed by atoms with E-state index in [1.165, 1.54) is 12.1 Å². The van der Waals surface area contributed by atoms with E-state index in [2.05, 4.69) is 0 Å². The minimum absolute atomic E-state index is 0.0201. The third kappa shape index (κ3) is 5.14. The van der Waals surface area contributed by atoms with E-state index in [9.17, 15) is 13.2 Å². The van der Waals surface area contributed by atoms with E-state index in [1.807, 2.05) is 25.1 Å². The molecule has 156 valence electrons. The minimum atomic E-state index is -0.911. The van der Waals surface area contributed by atoms with Crippen molar-refractivity contribution in [3.63, 3.8) is 0 Å². The second-order valence-electron chi connectivity index (χ2n) is 7.43. The summed E-state index contributed by atoms with van der Waals surface area (Å²) in [5.41, 5.74) is 1.21. The number of halogens is 3. The van der Waals surface area contributed by atoms with Gasteiger partial charge in [-0.3, -0.25) is 0 Å². The molecule has 2 nitrogen and oxygen atoms in total. The SMILES string of the molecule is C/C=C/c1ccc(OCC2CCC(c3ccc(OCC)c(F)c3F)CC2)c(F)c1. The van der Waals surface area contributed by atoms with Gasteiger partial charge in [-0.1, -0.05) is 24.3 Å². The van der Waals surface area contributed by atoms with Gasteiger partial charge in [0.15, 0.2) is 23.1 Å². The molecular weight excluding hydrogens is 377 g/mol. The van der Waals surface area contributed by atoms with Gasteiger partial charge in [0.25, 0.3) is 0 Å². The smallest absolute Gasteiger partial charge is 0.200 e. The average molecular weight is 404 g/mol. The molecule has 0 N–H and O–H groups in total. The maximum absolute atomic E-state index is 14.4. The first kappa shape index (κ1) is 21.3. The average Bonchev–Trinajstić information content (AvgIpc) is 2.72. The second kappa shape index (κ2) is 9.86. The molecule has 1 aliphatic carbocycles. The number of hydrogen-bond acceptors (Lipinski definition) is 2. The molecule has 0 unspecified atom stereocenters. The highest BCUT2D eigenvalue weighted by molar-refractivity contribution is 5.50. The quantitative estimate of drug-likeness (QED) is 0.500. The van der Waals surface area contributed by atoms with E-state index in [0.717, 1.165) is 31.2 Å². The Bertz CT molecular complexity index is 855. The van der Waals surface area contributed by atoms with Crippen molar-refractivity contribution in [3.8, 4) is 11.5 Å². The molecule has 0 radical (unpaired) electrons. The summed E-state index contributed by atoms with van der Waals surface area (Å²) in [7, 11) is 0. The highest BCUT2D eigenvalue weighted by Gasteiger charge is 2.27. The van der Waals surface area contributed by atoms with Gasteiger partial charge < -0.3 is 9.47 Å². The van der Waals surface area contributed by atoms with Gasteiger partial charge in [0.05, 0.1) is 13.2 Å². The van der Waals surface area contributed by atoms with Crippen molar-refractivity contribution in [1.82, 2.24) is 0 Å². The van der Waals surface area contributed by atoms with Crippen LogP contribution in [0.1, 0.15) is 56.6 Å². The Balaban J connectivity index is 1.55. The van der Waals surface area contributed by atoms with Crippen LogP contribution in [0.2, 0.25) is 0 Å². The maximum Gasteiger partial charge on any atom is 0.200 e. The number of rotatable bonds is 7. The highest BCUT2D eigenvalue weighted by atomic mass is 19.2. The molecule has 1 fully saturated rings. The summed E-state index contributed by atoms with van der Waals surface area (Å²) < 4.78 is 53.5. The number of benzene rings is 2. The molecular formula is C24H27F3O2. The van der Waals surface area contributed by atoms with Gasteiger partial charge in [-0.25, -0.2) is 8.78 Å². The first-order chi connectivity index (χ1) is 14.0. The van der Waals surface area contributed by atoms with Gasteiger partial charge in [0, 0.05) is 0 Å². The zero-order valence-electron chi connectivity index (χ0n) is 16.9. The largest absolute Gasteiger partial charge is 0.491 e. The van der Waals surface area contributed by atoms with Crippen molar-refractivity contribution in [2.75, 3.05) is 13.2 Å². The van der Waals surface area contributed by atoms with Crippen LogP contribution in [-0.4, -0.2) is 13.2 Å². The molecule has 0 aliphatic heterocycles. The zero-order valence-corrected chi connectivity index (χ0v) is 16.9. The number of ether oxygens (including phenoxy) is 2. The van der Waals surface area contributed by atoms with Crippen molar-refractivity contribution < 1.29 is 22.6 Å². The molecule has 0 bridgehead atoms. The first-order valence-corrected chi connectivity index (χ1v) is 10.2. The molecule has 2 aromatic carbocycles. The minimum Gasteiger partial charge on any atom is -0.491 e. The predicted molar refractivity (Wildman–Crippen MR) is 109 cm³/mol. The molecule has 0 heterocycles. The molecule has 3 rings (SSSR count). The fourth-order valence-corrected chi connectivity index (χ4v) is 3.91. The van der Waals surface area contributed by atoms with E-state index in [4.69, 9.17) is 9.47 Å². The lowest BCUT2D eigenvalue weighted by atomic mass is 9.79. The molecule has 0 atom stereocenters. The Morgan fingerprint density at radius 1 is 0.931 bits per heavy atom. The second-order valence-corrected chi connectivity index (χ2v) is 7.43. The monoisotopic (exact) mass is 404 g/mol. The van der Waals surface area contributed by atoms with Crippen LogP contribution in [0.5, 0.6) is 11.5 Å². The Morgan fingerprint density at radius 3 is 2.31 bits per heavy atom. The standard InChI is InChI=1S/C24H27F3O2/c1-3-5-16-8-12-21(20(25)14-16)29-15-17-6-9-18(10-7-17)19-11-13-22(28-4-2)24(27)23(19)26/h3,5,8,11-14,17-18H,4,6-7,9-10,15H2,1-2H3/b5-3+. The third-order valence-corrected chi connectivity index (χ3v) is 5.45. The van der Waals surface area contributed by atoms with E-state index in [0.29, 0.717) is 18.8 Å². The third-order valence-electron chi connectivity index (χ3n) is 5.45. The van der Waals surface area contributed by atoms with Crippen molar-refractivity contribution in [3.05, 3.63) is 65.0 Å². The summed E-state index contributed by atoms with van der Waals surface area (Å²) in [5.74, 6) is -1.63. The van der Waals surface area contributed by atoms with Crippen LogP contribution in [-0.2, 0) is 0 Å². The van der Waals surface area contributed by atoms with E-state index >= 15 is 0 Å². The fourth-order valence-electron chi connectivity index (χ4n) is 3.91. The van der Waals surface area contributed by atoms with Gasteiger partial charge in [0.2, 0.25) is 5.82 Å². The summed E-state index contributed by atoms with van der Waals surface area (Å²) in [5, 5.41) is 0. The zero-order chi connectivity index (χ0) is 20.8. The molecule has 2 aromatic rings. The Morgan fingerprint density at radius 2 is 1.66 bits per heavy atom. The Labute approximate surface area is 170 Å². The van der Waals surface area contributed by atoms with Crippen molar-refractivity contribution >= 4 is 6.08 Å². The van der Waals surface area contributed by atoms with Gasteiger partial charge in [-0.05, 0) is 80.7 Å². The van der Waals surface area contributed by atoms with E-state index in [-0.39, 0.29) is 29.2 Å². The lowest BCUT2D eigenvalue weighted by molar-refractivity contribution is 0.193. The molecule has 0 spiro atoms. The molecule has 5 heteroatoms. The molecule has 0 amide bonds.